The number of carbonyl (C=O) groups is 1. The molecule has 0 radical (unpaired) electrons. The first-order valence-electron chi connectivity index (χ1n) is 8.24. The largest absolute Gasteiger partial charge is 0.506 e. The maximum absolute atomic E-state index is 12.6. The lowest BCUT2D eigenvalue weighted by molar-refractivity contribution is -0.120. The Kier molecular flexibility index (Phi) is 6.20. The Balaban J connectivity index is 2.23. The van der Waals surface area contributed by atoms with E-state index in [2.05, 4.69) is 10.6 Å². The molecular formula is C16H25N3O4S. The van der Waals surface area contributed by atoms with Gasteiger partial charge in [0.25, 0.3) is 0 Å². The van der Waals surface area contributed by atoms with E-state index in [4.69, 9.17) is 0 Å². The van der Waals surface area contributed by atoms with Gasteiger partial charge in [-0.1, -0.05) is 13.8 Å². The van der Waals surface area contributed by atoms with Gasteiger partial charge in [0.2, 0.25) is 15.9 Å². The van der Waals surface area contributed by atoms with Crippen molar-refractivity contribution >= 4 is 21.6 Å². The lowest BCUT2D eigenvalue weighted by Gasteiger charge is -2.22. The number of hydrogen-bond acceptors (Lipinski definition) is 5. The topological polar surface area (TPSA) is 98.7 Å². The highest BCUT2D eigenvalue weighted by Crippen LogP contribution is 2.29. The Bertz CT molecular complexity index is 681. The molecule has 24 heavy (non-hydrogen) atoms. The van der Waals surface area contributed by atoms with Crippen molar-refractivity contribution in [3.8, 4) is 5.75 Å². The van der Waals surface area contributed by atoms with E-state index in [1.54, 1.807) is 13.8 Å². The van der Waals surface area contributed by atoms with Crippen molar-refractivity contribution in [3.63, 3.8) is 0 Å². The second kappa shape index (κ2) is 7.96. The fourth-order valence-corrected chi connectivity index (χ4v) is 4.29. The third-order valence-corrected chi connectivity index (χ3v) is 6.32. The molecule has 0 spiro atoms. The summed E-state index contributed by atoms with van der Waals surface area (Å²) < 4.78 is 26.5. The minimum atomic E-state index is -3.64. The molecule has 2 rings (SSSR count). The van der Waals surface area contributed by atoms with Gasteiger partial charge in [-0.2, -0.15) is 4.31 Å². The molecule has 0 atom stereocenters. The van der Waals surface area contributed by atoms with Gasteiger partial charge in [0.15, 0.2) is 0 Å². The van der Waals surface area contributed by atoms with Crippen LogP contribution in [0.3, 0.4) is 0 Å². The molecule has 0 aliphatic carbocycles. The summed E-state index contributed by atoms with van der Waals surface area (Å²) in [5.41, 5.74) is 0.131. The van der Waals surface area contributed by atoms with Gasteiger partial charge in [-0.15, -0.1) is 0 Å². The van der Waals surface area contributed by atoms with Crippen LogP contribution in [-0.4, -0.2) is 49.9 Å². The van der Waals surface area contributed by atoms with Crippen LogP contribution in [0.5, 0.6) is 5.75 Å². The molecule has 1 aliphatic rings. The maximum Gasteiger partial charge on any atom is 0.243 e. The SMILES string of the molecule is CCN(CC)S(=O)(=O)c1ccc(O)c(NC(=O)C2CCNCC2)c1. The monoisotopic (exact) mass is 355 g/mol. The van der Waals surface area contributed by atoms with Gasteiger partial charge in [-0.05, 0) is 44.1 Å². The molecule has 0 saturated carbocycles. The second-order valence-corrected chi connectivity index (χ2v) is 7.72. The molecule has 1 aliphatic heterocycles. The first kappa shape index (κ1) is 18.7. The first-order valence-corrected chi connectivity index (χ1v) is 9.68. The van der Waals surface area contributed by atoms with Gasteiger partial charge in [0.1, 0.15) is 5.75 Å². The molecule has 0 aromatic heterocycles. The number of rotatable bonds is 6. The van der Waals surface area contributed by atoms with Gasteiger partial charge in [0.05, 0.1) is 10.6 Å². The van der Waals surface area contributed by atoms with E-state index in [9.17, 15) is 18.3 Å². The lowest BCUT2D eigenvalue weighted by Crippen LogP contribution is -2.34. The van der Waals surface area contributed by atoms with Crippen LogP contribution < -0.4 is 10.6 Å². The number of sulfonamides is 1. The van der Waals surface area contributed by atoms with Crippen LogP contribution in [0, 0.1) is 5.92 Å². The average molecular weight is 355 g/mol. The third kappa shape index (κ3) is 4.06. The zero-order valence-electron chi connectivity index (χ0n) is 14.1. The number of phenols is 1. The van der Waals surface area contributed by atoms with Gasteiger partial charge in [-0.3, -0.25) is 4.79 Å². The summed E-state index contributed by atoms with van der Waals surface area (Å²) in [4.78, 5) is 12.4. The summed E-state index contributed by atoms with van der Waals surface area (Å²) in [5.74, 6) is -0.464. The van der Waals surface area contributed by atoms with Crippen LogP contribution in [0.15, 0.2) is 23.1 Å². The highest BCUT2D eigenvalue weighted by molar-refractivity contribution is 7.89. The highest BCUT2D eigenvalue weighted by Gasteiger charge is 2.25. The fourth-order valence-electron chi connectivity index (χ4n) is 2.81. The molecule has 0 bridgehead atoms. The van der Waals surface area contributed by atoms with E-state index in [0.29, 0.717) is 13.1 Å². The molecule has 0 unspecified atom stereocenters. The molecule has 1 saturated heterocycles. The summed E-state index contributed by atoms with van der Waals surface area (Å²) in [5, 5.41) is 15.8. The van der Waals surface area contributed by atoms with Crippen LogP contribution in [-0.2, 0) is 14.8 Å². The minimum Gasteiger partial charge on any atom is -0.506 e. The van der Waals surface area contributed by atoms with Gasteiger partial charge >= 0.3 is 0 Å². The second-order valence-electron chi connectivity index (χ2n) is 5.78. The maximum atomic E-state index is 12.6. The summed E-state index contributed by atoms with van der Waals surface area (Å²) >= 11 is 0. The number of anilines is 1. The van der Waals surface area contributed by atoms with E-state index in [0.717, 1.165) is 25.9 Å². The Labute approximate surface area is 143 Å². The third-order valence-electron chi connectivity index (χ3n) is 4.28. The minimum absolute atomic E-state index is 0.0598. The zero-order chi connectivity index (χ0) is 17.7. The smallest absolute Gasteiger partial charge is 0.243 e. The van der Waals surface area contributed by atoms with Crippen LogP contribution in [0.1, 0.15) is 26.7 Å². The van der Waals surface area contributed by atoms with E-state index in [-0.39, 0.29) is 28.2 Å². The number of hydrogen-bond donors (Lipinski definition) is 3. The molecule has 8 heteroatoms. The van der Waals surface area contributed by atoms with Crippen molar-refractivity contribution in [1.29, 1.82) is 0 Å². The number of phenolic OH excluding ortho intramolecular Hbond substituents is 1. The first-order chi connectivity index (χ1) is 11.4. The van der Waals surface area contributed by atoms with Crippen molar-refractivity contribution in [2.24, 2.45) is 5.92 Å². The van der Waals surface area contributed by atoms with E-state index in [1.165, 1.54) is 22.5 Å². The van der Waals surface area contributed by atoms with Crippen molar-refractivity contribution in [2.45, 2.75) is 31.6 Å². The molecular weight excluding hydrogens is 330 g/mol. The molecule has 3 N–H and O–H groups in total. The Morgan fingerprint density at radius 2 is 1.92 bits per heavy atom. The lowest BCUT2D eigenvalue weighted by atomic mass is 9.97. The summed E-state index contributed by atoms with van der Waals surface area (Å²) in [7, 11) is -3.64. The molecule has 1 heterocycles. The Hall–Kier alpha value is -1.64. The van der Waals surface area contributed by atoms with E-state index >= 15 is 0 Å². The van der Waals surface area contributed by atoms with Gasteiger partial charge < -0.3 is 15.7 Å². The standard InChI is InChI=1S/C16H25N3O4S/c1-3-19(4-2)24(22,23)13-5-6-15(20)14(11-13)18-16(21)12-7-9-17-10-8-12/h5-6,11-12,17,20H,3-4,7-10H2,1-2H3,(H,18,21). The van der Waals surface area contributed by atoms with Crippen LogP contribution in [0.4, 0.5) is 5.69 Å². The number of carbonyl (C=O) groups excluding carboxylic acids is 1. The predicted molar refractivity (Wildman–Crippen MR) is 92.4 cm³/mol. The molecule has 1 amide bonds. The number of aromatic hydroxyl groups is 1. The summed E-state index contributed by atoms with van der Waals surface area (Å²) in [6.07, 6.45) is 1.45. The van der Waals surface area contributed by atoms with Crippen LogP contribution >= 0.6 is 0 Å². The van der Waals surface area contributed by atoms with Crippen molar-refractivity contribution in [1.82, 2.24) is 9.62 Å². The number of nitrogens with one attached hydrogen (secondary N) is 2. The molecule has 1 aromatic rings. The normalized spacial score (nSPS) is 16.3. The molecule has 134 valence electrons. The quantitative estimate of drug-likeness (QED) is 0.669. The highest BCUT2D eigenvalue weighted by atomic mass is 32.2. The van der Waals surface area contributed by atoms with Crippen LogP contribution in [0.25, 0.3) is 0 Å². The Morgan fingerprint density at radius 3 is 2.50 bits per heavy atom. The fraction of sp³-hybridized carbons (Fsp3) is 0.562. The Morgan fingerprint density at radius 1 is 1.29 bits per heavy atom. The predicted octanol–water partition coefficient (Wildman–Crippen LogP) is 1.36. The van der Waals surface area contributed by atoms with E-state index < -0.39 is 10.0 Å². The number of amides is 1. The van der Waals surface area contributed by atoms with Gasteiger partial charge in [-0.25, -0.2) is 8.42 Å². The van der Waals surface area contributed by atoms with E-state index in [1.807, 2.05) is 0 Å². The summed E-state index contributed by atoms with van der Waals surface area (Å²) in [6, 6.07) is 3.97. The van der Waals surface area contributed by atoms with Crippen molar-refractivity contribution in [2.75, 3.05) is 31.5 Å². The zero-order valence-corrected chi connectivity index (χ0v) is 14.9. The van der Waals surface area contributed by atoms with Gasteiger partial charge in [0, 0.05) is 19.0 Å². The number of nitrogens with zero attached hydrogens (tertiary/aromatic N) is 1. The number of piperidine rings is 1. The molecule has 1 fully saturated rings. The van der Waals surface area contributed by atoms with Crippen LogP contribution in [0.2, 0.25) is 0 Å². The summed E-state index contributed by atoms with van der Waals surface area (Å²) in [6.45, 7) is 5.80. The molecule has 7 nitrogen and oxygen atoms in total. The average Bonchev–Trinajstić information content (AvgIpc) is 2.58. The number of benzene rings is 1. The van der Waals surface area contributed by atoms with Crippen molar-refractivity contribution < 1.29 is 18.3 Å². The van der Waals surface area contributed by atoms with Crippen molar-refractivity contribution in [3.05, 3.63) is 18.2 Å². The molecule has 1 aromatic carbocycles.